The zero-order chi connectivity index (χ0) is 27.4. The lowest BCUT2D eigenvalue weighted by atomic mass is 9.86. The number of aromatic nitrogens is 1. The van der Waals surface area contributed by atoms with E-state index in [4.69, 9.17) is 4.52 Å². The molecule has 1 saturated heterocycles. The van der Waals surface area contributed by atoms with Crippen LogP contribution in [-0.2, 0) is 0 Å². The first-order valence-corrected chi connectivity index (χ1v) is 12.9. The number of hydrogen-bond acceptors (Lipinski definition) is 7. The summed E-state index contributed by atoms with van der Waals surface area (Å²) in [4.78, 5) is 29.8. The van der Waals surface area contributed by atoms with E-state index in [2.05, 4.69) is 20.3 Å². The highest BCUT2D eigenvalue weighted by atomic mass is 19.1. The minimum Gasteiger partial charge on any atom is -0.478 e. The van der Waals surface area contributed by atoms with E-state index in [1.54, 1.807) is 30.3 Å². The number of nitrogens with one attached hydrogen (secondary N) is 1. The molecule has 0 atom stereocenters. The molecule has 0 amide bonds. The van der Waals surface area contributed by atoms with Crippen LogP contribution in [0.2, 0.25) is 0 Å². The van der Waals surface area contributed by atoms with Crippen molar-refractivity contribution in [2.75, 3.05) is 41.3 Å². The van der Waals surface area contributed by atoms with Gasteiger partial charge in [-0.3, -0.25) is 4.79 Å². The molecule has 1 aromatic heterocycles. The van der Waals surface area contributed by atoms with Gasteiger partial charge in [0.25, 0.3) is 0 Å². The Balaban J connectivity index is 1.33. The van der Waals surface area contributed by atoms with Gasteiger partial charge in [-0.15, -0.1) is 0 Å². The van der Waals surface area contributed by atoms with Crippen LogP contribution >= 0.6 is 0 Å². The number of carbonyl (C=O) groups excluding carboxylic acids is 1. The van der Waals surface area contributed by atoms with E-state index >= 15 is 0 Å². The summed E-state index contributed by atoms with van der Waals surface area (Å²) in [6.07, 6.45) is 0. The first-order chi connectivity index (χ1) is 19.5. The third-order valence-electron chi connectivity index (χ3n) is 7.58. The fourth-order valence-electron chi connectivity index (χ4n) is 5.62. The minimum absolute atomic E-state index is 0.138. The summed E-state index contributed by atoms with van der Waals surface area (Å²) in [6.45, 7) is 2.77. The third-order valence-corrected chi connectivity index (χ3v) is 7.58. The second-order valence-electron chi connectivity index (χ2n) is 9.89. The van der Waals surface area contributed by atoms with Crippen molar-refractivity contribution < 1.29 is 23.6 Å². The first-order valence-electron chi connectivity index (χ1n) is 12.9. The predicted molar refractivity (Wildman–Crippen MR) is 150 cm³/mol. The molecule has 1 aliphatic carbocycles. The summed E-state index contributed by atoms with van der Waals surface area (Å²) in [5.74, 6) is -0.917. The van der Waals surface area contributed by atoms with Crippen molar-refractivity contribution in [2.24, 2.45) is 0 Å². The van der Waals surface area contributed by atoms with Crippen molar-refractivity contribution in [1.82, 2.24) is 5.16 Å². The van der Waals surface area contributed by atoms with E-state index in [1.165, 1.54) is 24.3 Å². The van der Waals surface area contributed by atoms with Crippen LogP contribution in [-0.4, -0.2) is 48.2 Å². The van der Waals surface area contributed by atoms with E-state index in [0.29, 0.717) is 70.9 Å². The van der Waals surface area contributed by atoms with Gasteiger partial charge in [0.1, 0.15) is 11.3 Å². The highest BCUT2D eigenvalue weighted by Crippen LogP contribution is 2.46. The molecular formula is C31H23FN4O4. The van der Waals surface area contributed by atoms with Gasteiger partial charge in [-0.25, -0.2) is 9.18 Å². The van der Waals surface area contributed by atoms with Crippen molar-refractivity contribution in [3.63, 3.8) is 0 Å². The molecule has 8 nitrogen and oxygen atoms in total. The first kappa shape index (κ1) is 23.9. The van der Waals surface area contributed by atoms with Crippen molar-refractivity contribution >= 4 is 45.4 Å². The normalized spacial score (nSPS) is 14.4. The quantitative estimate of drug-likeness (QED) is 0.280. The number of anilines is 4. The smallest absolute Gasteiger partial charge is 0.335 e. The second kappa shape index (κ2) is 9.23. The van der Waals surface area contributed by atoms with Gasteiger partial charge < -0.3 is 24.7 Å². The molecule has 0 saturated carbocycles. The highest BCUT2D eigenvalue weighted by molar-refractivity contribution is 6.28. The molecule has 2 aliphatic rings. The number of carboxylic acid groups (broad SMARTS) is 1. The summed E-state index contributed by atoms with van der Waals surface area (Å²) in [5.41, 5.74) is 5.28. The standard InChI is InChI=1S/C31H23FN4O4/c32-19-8-10-21(11-9-19)35-12-14-36(15-13-35)25-17-24(33-20-5-3-4-18(16-20)31(38)39)26-27-28(25)34-40-30(27)23-7-2-1-6-22(23)29(26)37/h1-11,16-17,33H,12-15H2,(H,38,39). The maximum atomic E-state index is 13.8. The summed E-state index contributed by atoms with van der Waals surface area (Å²) < 4.78 is 19.3. The summed E-state index contributed by atoms with van der Waals surface area (Å²) >= 11 is 0. The van der Waals surface area contributed by atoms with Crippen LogP contribution in [0.4, 0.5) is 27.1 Å². The number of aromatic carboxylic acids is 1. The molecule has 0 radical (unpaired) electrons. The van der Waals surface area contributed by atoms with Crippen LogP contribution in [0.25, 0.3) is 22.2 Å². The molecule has 0 unspecified atom stereocenters. The zero-order valence-electron chi connectivity index (χ0n) is 21.2. The van der Waals surface area contributed by atoms with Gasteiger partial charge in [-0.05, 0) is 48.5 Å². The van der Waals surface area contributed by atoms with E-state index in [9.17, 15) is 19.1 Å². The van der Waals surface area contributed by atoms with E-state index < -0.39 is 5.97 Å². The van der Waals surface area contributed by atoms with Gasteiger partial charge >= 0.3 is 5.97 Å². The number of halogens is 1. The summed E-state index contributed by atoms with van der Waals surface area (Å²) in [5, 5.41) is 17.9. The molecule has 0 bridgehead atoms. The van der Waals surface area contributed by atoms with Gasteiger partial charge in [0.05, 0.1) is 27.9 Å². The Morgan fingerprint density at radius 1 is 0.900 bits per heavy atom. The number of piperazine rings is 1. The average Bonchev–Trinajstić information content (AvgIpc) is 3.42. The lowest BCUT2D eigenvalue weighted by Crippen LogP contribution is -2.46. The van der Waals surface area contributed by atoms with E-state index in [-0.39, 0.29) is 17.2 Å². The number of carboxylic acids is 1. The number of benzene rings is 4. The Morgan fingerprint density at radius 3 is 2.38 bits per heavy atom. The molecule has 2 N–H and O–H groups in total. The molecule has 7 rings (SSSR count). The van der Waals surface area contributed by atoms with Crippen LogP contribution in [0.5, 0.6) is 0 Å². The Hall–Kier alpha value is -5.18. The fraction of sp³-hybridized carbons (Fsp3) is 0.129. The molecule has 1 aliphatic heterocycles. The molecule has 1 fully saturated rings. The zero-order valence-corrected chi connectivity index (χ0v) is 21.2. The largest absolute Gasteiger partial charge is 0.478 e. The molecule has 4 aromatic carbocycles. The highest BCUT2D eigenvalue weighted by Gasteiger charge is 2.34. The van der Waals surface area contributed by atoms with Crippen LogP contribution in [0, 0.1) is 5.82 Å². The SMILES string of the molecule is O=C(O)c1cccc(Nc2cc(N3CCN(c4ccc(F)cc4)CC3)c3noc4c3c2C(=O)c2ccccc2-4)c1. The molecule has 40 heavy (non-hydrogen) atoms. The number of fused-ring (bicyclic) bond motifs is 2. The Morgan fingerprint density at radius 2 is 1.62 bits per heavy atom. The maximum Gasteiger partial charge on any atom is 0.335 e. The maximum absolute atomic E-state index is 13.8. The second-order valence-corrected chi connectivity index (χ2v) is 9.89. The van der Waals surface area contributed by atoms with E-state index in [1.807, 2.05) is 24.3 Å². The Kier molecular flexibility index (Phi) is 5.52. The molecule has 198 valence electrons. The molecular weight excluding hydrogens is 511 g/mol. The van der Waals surface area contributed by atoms with Gasteiger partial charge in [-0.1, -0.05) is 35.5 Å². The van der Waals surface area contributed by atoms with Crippen LogP contribution in [0.15, 0.2) is 83.4 Å². The number of hydrogen-bond donors (Lipinski definition) is 2. The monoisotopic (exact) mass is 534 g/mol. The van der Waals surface area contributed by atoms with Gasteiger partial charge in [0, 0.05) is 48.7 Å². The minimum atomic E-state index is -1.04. The molecule has 9 heteroatoms. The van der Waals surface area contributed by atoms with E-state index in [0.717, 1.165) is 11.4 Å². The number of rotatable bonds is 5. The number of nitrogens with zero attached hydrogens (tertiary/aromatic N) is 3. The van der Waals surface area contributed by atoms with Crippen molar-refractivity contribution in [2.45, 2.75) is 0 Å². The Bertz CT molecular complexity index is 1810. The van der Waals surface area contributed by atoms with Crippen LogP contribution in [0.1, 0.15) is 26.3 Å². The van der Waals surface area contributed by atoms with Crippen molar-refractivity contribution in [3.05, 3.63) is 101 Å². The third kappa shape index (κ3) is 3.86. The number of carbonyl (C=O) groups is 2. The lowest BCUT2D eigenvalue weighted by molar-refractivity contribution is 0.0696. The Labute approximate surface area is 228 Å². The average molecular weight is 535 g/mol. The van der Waals surface area contributed by atoms with Crippen molar-refractivity contribution in [1.29, 1.82) is 0 Å². The molecule has 2 heterocycles. The van der Waals surface area contributed by atoms with Crippen LogP contribution in [0.3, 0.4) is 0 Å². The van der Waals surface area contributed by atoms with Gasteiger partial charge in [0.15, 0.2) is 11.5 Å². The van der Waals surface area contributed by atoms with Crippen LogP contribution < -0.4 is 15.1 Å². The van der Waals surface area contributed by atoms with Gasteiger partial charge in [-0.2, -0.15) is 0 Å². The van der Waals surface area contributed by atoms with Crippen molar-refractivity contribution in [3.8, 4) is 11.3 Å². The summed E-state index contributed by atoms with van der Waals surface area (Å²) in [7, 11) is 0. The van der Waals surface area contributed by atoms with Gasteiger partial charge in [0.2, 0.25) is 0 Å². The fourth-order valence-corrected chi connectivity index (χ4v) is 5.62. The number of ketones is 1. The summed E-state index contributed by atoms with van der Waals surface area (Å²) in [6, 6.07) is 22.2. The lowest BCUT2D eigenvalue weighted by Gasteiger charge is -2.37. The molecule has 5 aromatic rings. The predicted octanol–water partition coefficient (Wildman–Crippen LogP) is 5.95. The molecule has 0 spiro atoms. The topological polar surface area (TPSA) is 98.9 Å².